The third-order valence-electron chi connectivity index (χ3n) is 5.52. The van der Waals surface area contributed by atoms with Crippen molar-refractivity contribution in [3.05, 3.63) is 84.1 Å². The second-order valence-electron chi connectivity index (χ2n) is 7.90. The normalized spacial score (nSPS) is 11.4. The fourth-order valence-corrected chi connectivity index (χ4v) is 3.79. The first-order chi connectivity index (χ1) is 17.6. The lowest BCUT2D eigenvalue weighted by Crippen LogP contribution is -2.28. The number of para-hydroxylation sites is 1. The van der Waals surface area contributed by atoms with E-state index in [0.717, 1.165) is 24.5 Å². The number of aromatic nitrogens is 5. The van der Waals surface area contributed by atoms with Crippen molar-refractivity contribution in [1.82, 2.24) is 30.0 Å². The minimum atomic E-state index is -0.849. The van der Waals surface area contributed by atoms with Gasteiger partial charge in [0.05, 0.1) is 19.7 Å². The second-order valence-corrected chi connectivity index (χ2v) is 7.90. The van der Waals surface area contributed by atoms with Crippen LogP contribution in [0.25, 0.3) is 11.5 Å². The molecule has 0 bridgehead atoms. The van der Waals surface area contributed by atoms with Gasteiger partial charge in [-0.2, -0.15) is 5.26 Å². The number of carbonyl (C=O) groups excluding carboxylic acids is 1. The van der Waals surface area contributed by atoms with Crippen molar-refractivity contribution in [2.24, 2.45) is 0 Å². The van der Waals surface area contributed by atoms with Gasteiger partial charge in [-0.15, -0.1) is 10.2 Å². The largest absolute Gasteiger partial charge is 0.496 e. The molecule has 36 heavy (non-hydrogen) atoms. The van der Waals surface area contributed by atoms with E-state index in [1.165, 1.54) is 13.4 Å². The van der Waals surface area contributed by atoms with Crippen LogP contribution in [0.15, 0.2) is 67.1 Å². The van der Waals surface area contributed by atoms with E-state index in [9.17, 15) is 10.1 Å². The molecule has 4 rings (SSSR count). The van der Waals surface area contributed by atoms with E-state index in [2.05, 4.69) is 43.8 Å². The topological polar surface area (TPSA) is 131 Å². The number of nitrogens with zero attached hydrogens (tertiary/aromatic N) is 6. The molecule has 0 spiro atoms. The Morgan fingerprint density at radius 1 is 1.17 bits per heavy atom. The molecule has 0 saturated carbocycles. The number of hydrogen-bond donors (Lipinski definition) is 2. The van der Waals surface area contributed by atoms with Gasteiger partial charge in [0.25, 0.3) is 5.91 Å². The van der Waals surface area contributed by atoms with Crippen LogP contribution in [-0.4, -0.2) is 37.7 Å². The molecule has 10 heteroatoms. The molecule has 0 unspecified atom stereocenters. The first kappa shape index (κ1) is 24.3. The summed E-state index contributed by atoms with van der Waals surface area (Å²) in [4.78, 5) is 21.2. The van der Waals surface area contributed by atoms with Gasteiger partial charge in [-0.3, -0.25) is 4.79 Å². The number of rotatable bonds is 10. The van der Waals surface area contributed by atoms with Crippen molar-refractivity contribution in [3.8, 4) is 23.3 Å². The number of carbonyl (C=O) groups is 1. The SMILES string of the molecule is CCCn1c(CNc2cccc(C(=O)N[C@@H](C#N)c3ccccc3OC)c2)nnc1-c1ccncn1. The maximum Gasteiger partial charge on any atom is 0.252 e. The minimum absolute atomic E-state index is 0.365. The molecule has 2 heterocycles. The average molecular weight is 483 g/mol. The Hall–Kier alpha value is -4.78. The molecular formula is C26H26N8O2. The summed E-state index contributed by atoms with van der Waals surface area (Å²) >= 11 is 0. The highest BCUT2D eigenvalue weighted by molar-refractivity contribution is 5.95. The van der Waals surface area contributed by atoms with Gasteiger partial charge in [-0.05, 0) is 36.8 Å². The molecule has 0 aliphatic rings. The Morgan fingerprint density at radius 3 is 2.78 bits per heavy atom. The first-order valence-corrected chi connectivity index (χ1v) is 11.5. The summed E-state index contributed by atoms with van der Waals surface area (Å²) in [5.41, 5.74) is 2.47. The van der Waals surface area contributed by atoms with Crippen molar-refractivity contribution in [1.29, 1.82) is 5.26 Å². The van der Waals surface area contributed by atoms with Crippen LogP contribution >= 0.6 is 0 Å². The van der Waals surface area contributed by atoms with Crippen molar-refractivity contribution in [3.63, 3.8) is 0 Å². The van der Waals surface area contributed by atoms with E-state index >= 15 is 0 Å². The summed E-state index contributed by atoms with van der Waals surface area (Å²) in [7, 11) is 1.53. The highest BCUT2D eigenvalue weighted by Crippen LogP contribution is 2.25. The molecule has 2 aromatic carbocycles. The first-order valence-electron chi connectivity index (χ1n) is 11.5. The molecule has 1 atom stereocenters. The Morgan fingerprint density at radius 2 is 2.03 bits per heavy atom. The predicted molar refractivity (Wildman–Crippen MR) is 134 cm³/mol. The van der Waals surface area contributed by atoms with Gasteiger partial charge in [-0.25, -0.2) is 9.97 Å². The van der Waals surface area contributed by atoms with Gasteiger partial charge in [0.15, 0.2) is 11.6 Å². The molecule has 10 nitrogen and oxygen atoms in total. The van der Waals surface area contributed by atoms with E-state index in [1.807, 2.05) is 16.7 Å². The summed E-state index contributed by atoms with van der Waals surface area (Å²) in [5.74, 6) is 1.61. The molecule has 0 aliphatic carbocycles. The third-order valence-corrected chi connectivity index (χ3v) is 5.52. The number of nitriles is 1. The molecular weight excluding hydrogens is 456 g/mol. The van der Waals surface area contributed by atoms with Gasteiger partial charge in [-0.1, -0.05) is 31.2 Å². The molecule has 0 fully saturated rings. The monoisotopic (exact) mass is 482 g/mol. The van der Waals surface area contributed by atoms with E-state index in [-0.39, 0.29) is 5.91 Å². The van der Waals surface area contributed by atoms with Gasteiger partial charge >= 0.3 is 0 Å². The molecule has 0 radical (unpaired) electrons. The molecule has 0 aliphatic heterocycles. The molecule has 1 amide bonds. The Balaban J connectivity index is 1.48. The molecule has 2 N–H and O–H groups in total. The number of ether oxygens (including phenoxy) is 1. The van der Waals surface area contributed by atoms with E-state index in [0.29, 0.717) is 34.9 Å². The number of anilines is 1. The second kappa shape index (κ2) is 11.6. The summed E-state index contributed by atoms with van der Waals surface area (Å²) < 4.78 is 7.36. The Kier molecular flexibility index (Phi) is 7.83. The molecule has 4 aromatic rings. The van der Waals surface area contributed by atoms with Gasteiger partial charge in [0, 0.05) is 29.6 Å². The number of amides is 1. The summed E-state index contributed by atoms with van der Waals surface area (Å²) in [6, 6.07) is 17.3. The van der Waals surface area contributed by atoms with Gasteiger partial charge < -0.3 is 19.9 Å². The fraction of sp³-hybridized carbons (Fsp3) is 0.231. The van der Waals surface area contributed by atoms with Crippen LogP contribution in [0.5, 0.6) is 5.75 Å². The lowest BCUT2D eigenvalue weighted by Gasteiger charge is -2.15. The highest BCUT2D eigenvalue weighted by atomic mass is 16.5. The van der Waals surface area contributed by atoms with Crippen molar-refractivity contribution >= 4 is 11.6 Å². The standard InChI is InChI=1S/C26H26N8O2/c1-3-13-34-24(32-33-25(34)21-11-12-28-17-30-21)16-29-19-8-6-7-18(14-19)26(35)31-22(15-27)20-9-4-5-10-23(20)36-2/h4-12,14,17,22,29H,3,13,16H2,1-2H3,(H,31,35)/t22-/m0/s1. The van der Waals surface area contributed by atoms with E-state index in [1.54, 1.807) is 48.7 Å². The number of benzene rings is 2. The van der Waals surface area contributed by atoms with Crippen LogP contribution in [0.2, 0.25) is 0 Å². The zero-order valence-electron chi connectivity index (χ0n) is 20.0. The number of nitrogens with one attached hydrogen (secondary N) is 2. The summed E-state index contributed by atoms with van der Waals surface area (Å²) in [6.07, 6.45) is 4.07. The maximum absolute atomic E-state index is 12.9. The quantitative estimate of drug-likeness (QED) is 0.349. The van der Waals surface area contributed by atoms with Gasteiger partial charge in [0.2, 0.25) is 0 Å². The smallest absolute Gasteiger partial charge is 0.252 e. The minimum Gasteiger partial charge on any atom is -0.496 e. The summed E-state index contributed by atoms with van der Waals surface area (Å²) in [5, 5.41) is 24.4. The zero-order chi connectivity index (χ0) is 25.3. The lowest BCUT2D eigenvalue weighted by atomic mass is 10.1. The van der Waals surface area contributed by atoms with Crippen molar-refractivity contribution in [2.75, 3.05) is 12.4 Å². The van der Waals surface area contributed by atoms with Crippen LogP contribution in [0.3, 0.4) is 0 Å². The van der Waals surface area contributed by atoms with Crippen LogP contribution in [0, 0.1) is 11.3 Å². The molecule has 182 valence electrons. The fourth-order valence-electron chi connectivity index (χ4n) is 3.79. The van der Waals surface area contributed by atoms with Crippen molar-refractivity contribution < 1.29 is 9.53 Å². The molecule has 0 saturated heterocycles. The Bertz CT molecular complexity index is 1360. The number of methoxy groups -OCH3 is 1. The van der Waals surface area contributed by atoms with E-state index < -0.39 is 6.04 Å². The average Bonchev–Trinajstić information content (AvgIpc) is 3.33. The summed E-state index contributed by atoms with van der Waals surface area (Å²) in [6.45, 7) is 3.23. The van der Waals surface area contributed by atoms with Crippen LogP contribution in [-0.2, 0) is 13.1 Å². The van der Waals surface area contributed by atoms with Gasteiger partial charge in [0.1, 0.15) is 23.8 Å². The van der Waals surface area contributed by atoms with Crippen molar-refractivity contribution in [2.45, 2.75) is 32.5 Å². The molecule has 2 aromatic heterocycles. The lowest BCUT2D eigenvalue weighted by molar-refractivity contribution is 0.0945. The van der Waals surface area contributed by atoms with Crippen LogP contribution in [0.1, 0.15) is 41.1 Å². The number of hydrogen-bond acceptors (Lipinski definition) is 8. The van der Waals surface area contributed by atoms with E-state index in [4.69, 9.17) is 4.74 Å². The zero-order valence-corrected chi connectivity index (χ0v) is 20.0. The maximum atomic E-state index is 12.9. The predicted octanol–water partition coefficient (Wildman–Crippen LogP) is 3.76. The Labute approximate surface area is 209 Å². The third kappa shape index (κ3) is 5.47. The highest BCUT2D eigenvalue weighted by Gasteiger charge is 2.19. The van der Waals surface area contributed by atoms with Crippen LogP contribution < -0.4 is 15.4 Å². The van der Waals surface area contributed by atoms with Crippen LogP contribution in [0.4, 0.5) is 5.69 Å².